The Hall–Kier alpha value is -1.26. The number of benzene rings is 1. The summed E-state index contributed by atoms with van der Waals surface area (Å²) in [5.74, 6) is 1.48. The van der Waals surface area contributed by atoms with Crippen LogP contribution in [0.25, 0.3) is 0 Å². The summed E-state index contributed by atoms with van der Waals surface area (Å²) in [6, 6.07) is 7.32. The van der Waals surface area contributed by atoms with Crippen molar-refractivity contribution < 1.29 is 14.6 Å². The summed E-state index contributed by atoms with van der Waals surface area (Å²) < 4.78 is 11.2. The van der Waals surface area contributed by atoms with E-state index in [2.05, 4.69) is 0 Å². The highest BCUT2D eigenvalue weighted by atomic mass is 16.6. The number of fused-ring (bicyclic) bond motifs is 1. The molecule has 4 nitrogen and oxygen atoms in total. The molecular formula is C11H15NO3. The van der Waals surface area contributed by atoms with Crippen LogP contribution in [0.15, 0.2) is 24.3 Å². The van der Waals surface area contributed by atoms with Crippen LogP contribution in [-0.2, 0) is 0 Å². The molecule has 3 N–H and O–H groups in total. The van der Waals surface area contributed by atoms with Crippen LogP contribution in [0.1, 0.15) is 6.42 Å². The Kier molecular flexibility index (Phi) is 3.08. The van der Waals surface area contributed by atoms with E-state index in [1.165, 1.54) is 0 Å². The first kappa shape index (κ1) is 10.3. The lowest BCUT2D eigenvalue weighted by atomic mass is 10.1. The number of aliphatic hydroxyl groups excluding tert-OH is 1. The van der Waals surface area contributed by atoms with Gasteiger partial charge in [-0.1, -0.05) is 12.1 Å². The topological polar surface area (TPSA) is 64.7 Å². The number of rotatable bonds is 3. The van der Waals surface area contributed by atoms with Gasteiger partial charge in [0.25, 0.3) is 0 Å². The molecule has 0 amide bonds. The lowest BCUT2D eigenvalue weighted by molar-refractivity contribution is 0.0651. The Bertz CT molecular complexity index is 329. The molecule has 2 rings (SSSR count). The van der Waals surface area contributed by atoms with Crippen LogP contribution in [0.4, 0.5) is 0 Å². The number of hydrogen-bond acceptors (Lipinski definition) is 4. The summed E-state index contributed by atoms with van der Waals surface area (Å²) in [5.41, 5.74) is 5.85. The molecule has 1 aromatic carbocycles. The van der Waals surface area contributed by atoms with Crippen LogP contribution in [0.2, 0.25) is 0 Å². The van der Waals surface area contributed by atoms with Crippen molar-refractivity contribution in [1.29, 1.82) is 0 Å². The van der Waals surface area contributed by atoms with Crippen LogP contribution < -0.4 is 15.2 Å². The molecule has 1 heterocycles. The lowest BCUT2D eigenvalue weighted by Gasteiger charge is -2.29. The molecule has 82 valence electrons. The second-order valence-corrected chi connectivity index (χ2v) is 3.59. The van der Waals surface area contributed by atoms with Gasteiger partial charge in [0.15, 0.2) is 11.5 Å². The number of nitrogens with two attached hydrogens (primary N) is 1. The van der Waals surface area contributed by atoms with Gasteiger partial charge in [-0.15, -0.1) is 0 Å². The molecule has 0 fully saturated rings. The van der Waals surface area contributed by atoms with Gasteiger partial charge in [0.05, 0.1) is 0 Å². The van der Waals surface area contributed by atoms with Crippen LogP contribution >= 0.6 is 0 Å². The summed E-state index contributed by atoms with van der Waals surface area (Å²) in [6.07, 6.45) is 0.350. The summed E-state index contributed by atoms with van der Waals surface area (Å²) in [4.78, 5) is 0. The maximum atomic E-state index is 8.79. The van der Waals surface area contributed by atoms with Gasteiger partial charge in [-0.2, -0.15) is 0 Å². The SMILES string of the molecule is NC(CCO)C1COc2ccccc2O1. The van der Waals surface area contributed by atoms with Crippen molar-refractivity contribution in [2.45, 2.75) is 18.6 Å². The van der Waals surface area contributed by atoms with E-state index >= 15 is 0 Å². The molecule has 1 aliphatic heterocycles. The Morgan fingerprint density at radius 3 is 2.87 bits per heavy atom. The molecule has 0 bridgehead atoms. The number of aliphatic hydroxyl groups is 1. The highest BCUT2D eigenvalue weighted by molar-refractivity contribution is 5.40. The monoisotopic (exact) mass is 209 g/mol. The average Bonchev–Trinajstić information content (AvgIpc) is 2.29. The zero-order chi connectivity index (χ0) is 10.7. The molecule has 0 aliphatic carbocycles. The minimum Gasteiger partial charge on any atom is -0.486 e. The number of para-hydroxylation sites is 2. The van der Waals surface area contributed by atoms with Gasteiger partial charge in [0, 0.05) is 12.6 Å². The second kappa shape index (κ2) is 4.51. The third kappa shape index (κ3) is 2.22. The zero-order valence-corrected chi connectivity index (χ0v) is 8.43. The van der Waals surface area contributed by atoms with E-state index in [1.807, 2.05) is 24.3 Å². The molecule has 1 aromatic rings. The van der Waals surface area contributed by atoms with Crippen molar-refractivity contribution in [2.75, 3.05) is 13.2 Å². The Morgan fingerprint density at radius 1 is 1.40 bits per heavy atom. The number of hydrogen-bond donors (Lipinski definition) is 2. The molecule has 1 aliphatic rings. The van der Waals surface area contributed by atoms with E-state index in [-0.39, 0.29) is 18.8 Å². The summed E-state index contributed by atoms with van der Waals surface area (Å²) >= 11 is 0. The Labute approximate surface area is 88.6 Å². The number of ether oxygens (including phenoxy) is 2. The van der Waals surface area contributed by atoms with Crippen molar-refractivity contribution in [1.82, 2.24) is 0 Å². The summed E-state index contributed by atoms with van der Waals surface area (Å²) in [6.45, 7) is 0.515. The molecule has 2 atom stereocenters. The predicted molar refractivity (Wildman–Crippen MR) is 56.0 cm³/mol. The fourth-order valence-electron chi connectivity index (χ4n) is 1.58. The normalized spacial score (nSPS) is 21.1. The van der Waals surface area contributed by atoms with Gasteiger partial charge >= 0.3 is 0 Å². The molecule has 0 saturated heterocycles. The molecule has 0 radical (unpaired) electrons. The molecule has 15 heavy (non-hydrogen) atoms. The molecule has 0 spiro atoms. The minimum atomic E-state index is -0.191. The van der Waals surface area contributed by atoms with E-state index in [1.54, 1.807) is 0 Å². The maximum absolute atomic E-state index is 8.79. The zero-order valence-electron chi connectivity index (χ0n) is 8.43. The molecular weight excluding hydrogens is 194 g/mol. The fourth-order valence-corrected chi connectivity index (χ4v) is 1.58. The second-order valence-electron chi connectivity index (χ2n) is 3.59. The van der Waals surface area contributed by atoms with Gasteiger partial charge in [0.1, 0.15) is 12.7 Å². The van der Waals surface area contributed by atoms with Gasteiger partial charge in [-0.25, -0.2) is 0 Å². The van der Waals surface area contributed by atoms with Crippen molar-refractivity contribution >= 4 is 0 Å². The van der Waals surface area contributed by atoms with Crippen LogP contribution in [0.3, 0.4) is 0 Å². The highest BCUT2D eigenvalue weighted by Gasteiger charge is 2.25. The van der Waals surface area contributed by atoms with Crippen molar-refractivity contribution in [3.05, 3.63) is 24.3 Å². The Morgan fingerprint density at radius 2 is 2.13 bits per heavy atom. The van der Waals surface area contributed by atoms with Crippen LogP contribution in [-0.4, -0.2) is 30.5 Å². The van der Waals surface area contributed by atoms with E-state index < -0.39 is 0 Å². The maximum Gasteiger partial charge on any atom is 0.161 e. The third-order valence-electron chi connectivity index (χ3n) is 2.47. The third-order valence-corrected chi connectivity index (χ3v) is 2.47. The molecule has 4 heteroatoms. The van der Waals surface area contributed by atoms with Gasteiger partial charge in [0.2, 0.25) is 0 Å². The van der Waals surface area contributed by atoms with Crippen molar-refractivity contribution in [2.24, 2.45) is 5.73 Å². The van der Waals surface area contributed by atoms with Crippen molar-refractivity contribution in [3.63, 3.8) is 0 Å². The van der Waals surface area contributed by atoms with Gasteiger partial charge in [-0.3, -0.25) is 0 Å². The van der Waals surface area contributed by atoms with E-state index in [0.717, 1.165) is 11.5 Å². The van der Waals surface area contributed by atoms with E-state index in [4.69, 9.17) is 20.3 Å². The largest absolute Gasteiger partial charge is 0.486 e. The fraction of sp³-hybridized carbons (Fsp3) is 0.455. The molecule has 0 saturated carbocycles. The van der Waals surface area contributed by atoms with E-state index in [9.17, 15) is 0 Å². The quantitative estimate of drug-likeness (QED) is 0.762. The first-order chi connectivity index (χ1) is 7.31. The average molecular weight is 209 g/mol. The smallest absolute Gasteiger partial charge is 0.161 e. The van der Waals surface area contributed by atoms with Crippen LogP contribution in [0.5, 0.6) is 11.5 Å². The first-order valence-electron chi connectivity index (χ1n) is 5.06. The molecule has 0 aromatic heterocycles. The first-order valence-corrected chi connectivity index (χ1v) is 5.06. The molecule has 2 unspecified atom stereocenters. The van der Waals surface area contributed by atoms with Crippen LogP contribution in [0, 0.1) is 0 Å². The van der Waals surface area contributed by atoms with Gasteiger partial charge in [-0.05, 0) is 18.6 Å². The standard InChI is InChI=1S/C11H15NO3/c12-8(5-6-13)11-7-14-9-3-1-2-4-10(9)15-11/h1-4,8,11,13H,5-7,12H2. The summed E-state index contributed by atoms with van der Waals surface area (Å²) in [7, 11) is 0. The Balaban J connectivity index is 2.05. The van der Waals surface area contributed by atoms with Crippen molar-refractivity contribution in [3.8, 4) is 11.5 Å². The van der Waals surface area contributed by atoms with E-state index in [0.29, 0.717) is 13.0 Å². The summed E-state index contributed by atoms with van der Waals surface area (Å²) in [5, 5.41) is 8.79. The highest BCUT2D eigenvalue weighted by Crippen LogP contribution is 2.31. The lowest BCUT2D eigenvalue weighted by Crippen LogP contribution is -2.45. The minimum absolute atomic E-state index is 0.0721. The van der Waals surface area contributed by atoms with Gasteiger partial charge < -0.3 is 20.3 Å². The predicted octanol–water partition coefficient (Wildman–Crippen LogP) is 0.536.